The lowest BCUT2D eigenvalue weighted by molar-refractivity contribution is 0.630. The fourth-order valence-electron chi connectivity index (χ4n) is 1.92. The zero-order valence-electron chi connectivity index (χ0n) is 11.3. The van der Waals surface area contributed by atoms with E-state index in [1.54, 1.807) is 18.2 Å². The van der Waals surface area contributed by atoms with Crippen LogP contribution in [0.5, 0.6) is 0 Å². The van der Waals surface area contributed by atoms with Crippen LogP contribution in [0.2, 0.25) is 0 Å². The molecule has 3 aromatic rings. The number of hydrogen-bond donors (Lipinski definition) is 1. The Balaban J connectivity index is 1.87. The minimum absolute atomic E-state index is 0.221. The SMILES string of the molecule is CCc1nn2c(=O)cc(CNc3ccccc3F)nc2s1. The Kier molecular flexibility index (Phi) is 3.66. The van der Waals surface area contributed by atoms with E-state index in [0.29, 0.717) is 16.3 Å². The van der Waals surface area contributed by atoms with E-state index in [4.69, 9.17) is 0 Å². The minimum atomic E-state index is -0.332. The van der Waals surface area contributed by atoms with Gasteiger partial charge in [0.15, 0.2) is 0 Å². The van der Waals surface area contributed by atoms with Crippen LogP contribution in [0.3, 0.4) is 0 Å². The van der Waals surface area contributed by atoms with Gasteiger partial charge in [-0.1, -0.05) is 30.4 Å². The van der Waals surface area contributed by atoms with Crippen molar-refractivity contribution in [3.05, 3.63) is 57.2 Å². The molecule has 1 N–H and O–H groups in total. The van der Waals surface area contributed by atoms with Crippen molar-refractivity contribution in [2.45, 2.75) is 19.9 Å². The summed E-state index contributed by atoms with van der Waals surface area (Å²) in [7, 11) is 0. The standard InChI is InChI=1S/C14H13FN4OS/c1-2-12-18-19-13(20)7-9(17-14(19)21-12)8-16-11-6-4-3-5-10(11)15/h3-7,16H,2,8H2,1H3. The number of hydrogen-bond acceptors (Lipinski definition) is 5. The molecule has 0 atom stereocenters. The number of aryl methyl sites for hydroxylation is 1. The molecule has 108 valence electrons. The monoisotopic (exact) mass is 304 g/mol. The molecule has 0 radical (unpaired) electrons. The van der Waals surface area contributed by atoms with Crippen molar-refractivity contribution < 1.29 is 4.39 Å². The van der Waals surface area contributed by atoms with E-state index in [0.717, 1.165) is 11.4 Å². The van der Waals surface area contributed by atoms with Crippen LogP contribution < -0.4 is 10.9 Å². The van der Waals surface area contributed by atoms with Gasteiger partial charge < -0.3 is 5.32 Å². The molecule has 0 aliphatic rings. The van der Waals surface area contributed by atoms with Crippen molar-refractivity contribution >= 4 is 22.0 Å². The first kappa shape index (κ1) is 13.7. The number of nitrogens with zero attached hydrogens (tertiary/aromatic N) is 3. The molecule has 0 amide bonds. The number of fused-ring (bicyclic) bond motifs is 1. The number of aromatic nitrogens is 3. The van der Waals surface area contributed by atoms with Gasteiger partial charge in [-0.25, -0.2) is 9.37 Å². The van der Waals surface area contributed by atoms with Crippen LogP contribution in [0.1, 0.15) is 17.6 Å². The Labute approximate surface area is 124 Å². The molecule has 0 saturated heterocycles. The second-order valence-corrected chi connectivity index (χ2v) is 5.50. The molecule has 5 nitrogen and oxygen atoms in total. The second kappa shape index (κ2) is 5.61. The summed E-state index contributed by atoms with van der Waals surface area (Å²) < 4.78 is 14.8. The van der Waals surface area contributed by atoms with E-state index in [1.165, 1.54) is 28.0 Å². The van der Waals surface area contributed by atoms with E-state index >= 15 is 0 Å². The summed E-state index contributed by atoms with van der Waals surface area (Å²) >= 11 is 1.39. The lowest BCUT2D eigenvalue weighted by Crippen LogP contribution is -2.17. The molecule has 0 fully saturated rings. The van der Waals surface area contributed by atoms with Gasteiger partial charge in [-0.3, -0.25) is 4.79 Å². The molecule has 7 heteroatoms. The van der Waals surface area contributed by atoms with Crippen molar-refractivity contribution in [3.63, 3.8) is 0 Å². The summed E-state index contributed by atoms with van der Waals surface area (Å²) in [6.45, 7) is 2.26. The number of nitrogens with one attached hydrogen (secondary N) is 1. The molecule has 0 bridgehead atoms. The van der Waals surface area contributed by atoms with E-state index in [1.807, 2.05) is 6.92 Å². The molecule has 2 aromatic heterocycles. The van der Waals surface area contributed by atoms with Gasteiger partial charge in [-0.15, -0.1) is 0 Å². The normalized spacial score (nSPS) is 11.0. The second-order valence-electron chi connectivity index (χ2n) is 4.46. The largest absolute Gasteiger partial charge is 0.377 e. The Hall–Kier alpha value is -2.28. The highest BCUT2D eigenvalue weighted by Gasteiger charge is 2.08. The molecule has 1 aromatic carbocycles. The van der Waals surface area contributed by atoms with Crippen molar-refractivity contribution in [3.8, 4) is 0 Å². The Morgan fingerprint density at radius 1 is 1.38 bits per heavy atom. The number of anilines is 1. The van der Waals surface area contributed by atoms with Crippen LogP contribution in [-0.2, 0) is 13.0 Å². The molecule has 0 aliphatic heterocycles. The van der Waals surface area contributed by atoms with Gasteiger partial charge >= 0.3 is 0 Å². The molecule has 3 rings (SSSR count). The molecule has 0 unspecified atom stereocenters. The van der Waals surface area contributed by atoms with E-state index < -0.39 is 0 Å². The topological polar surface area (TPSA) is 59.3 Å². The van der Waals surface area contributed by atoms with Crippen LogP contribution >= 0.6 is 11.3 Å². The average Bonchev–Trinajstić information content (AvgIpc) is 2.90. The van der Waals surface area contributed by atoms with Crippen molar-refractivity contribution in [1.82, 2.24) is 14.6 Å². The van der Waals surface area contributed by atoms with Crippen molar-refractivity contribution in [2.75, 3.05) is 5.32 Å². The fraction of sp³-hybridized carbons (Fsp3) is 0.214. The number of para-hydroxylation sites is 1. The Morgan fingerprint density at radius 2 is 2.19 bits per heavy atom. The highest BCUT2D eigenvalue weighted by atomic mass is 32.1. The quantitative estimate of drug-likeness (QED) is 0.804. The third-order valence-corrected chi connectivity index (χ3v) is 4.03. The average molecular weight is 304 g/mol. The van der Waals surface area contributed by atoms with Crippen LogP contribution in [-0.4, -0.2) is 14.6 Å². The van der Waals surface area contributed by atoms with Crippen LogP contribution in [0.15, 0.2) is 35.1 Å². The summed E-state index contributed by atoms with van der Waals surface area (Å²) in [5.74, 6) is -0.332. The zero-order valence-corrected chi connectivity index (χ0v) is 12.2. The smallest absolute Gasteiger partial charge is 0.275 e. The highest BCUT2D eigenvalue weighted by Crippen LogP contribution is 2.15. The van der Waals surface area contributed by atoms with Gasteiger partial charge in [0.05, 0.1) is 17.9 Å². The summed E-state index contributed by atoms with van der Waals surface area (Å²) in [4.78, 5) is 16.9. The van der Waals surface area contributed by atoms with Gasteiger partial charge in [-0.2, -0.15) is 9.61 Å². The first-order chi connectivity index (χ1) is 10.2. The third-order valence-electron chi connectivity index (χ3n) is 2.98. The molecule has 0 aliphatic carbocycles. The van der Waals surface area contributed by atoms with E-state index in [9.17, 15) is 9.18 Å². The maximum atomic E-state index is 13.5. The van der Waals surface area contributed by atoms with Crippen molar-refractivity contribution in [1.29, 1.82) is 0 Å². The van der Waals surface area contributed by atoms with Gasteiger partial charge in [-0.05, 0) is 18.6 Å². The summed E-state index contributed by atoms with van der Waals surface area (Å²) in [6.07, 6.45) is 0.760. The van der Waals surface area contributed by atoms with Gasteiger partial charge in [0.25, 0.3) is 5.56 Å². The van der Waals surface area contributed by atoms with Gasteiger partial charge in [0, 0.05) is 6.07 Å². The van der Waals surface area contributed by atoms with E-state index in [2.05, 4.69) is 15.4 Å². The number of halogens is 1. The first-order valence-corrected chi connectivity index (χ1v) is 7.36. The number of benzene rings is 1. The van der Waals surface area contributed by atoms with E-state index in [-0.39, 0.29) is 17.9 Å². The summed E-state index contributed by atoms with van der Waals surface area (Å²) in [6, 6.07) is 7.81. The molecule has 2 heterocycles. The Bertz CT molecular complexity index is 842. The number of rotatable bonds is 4. The molecular formula is C14H13FN4OS. The van der Waals surface area contributed by atoms with Crippen molar-refractivity contribution in [2.24, 2.45) is 0 Å². The van der Waals surface area contributed by atoms with Gasteiger partial charge in [0.1, 0.15) is 10.8 Å². The third kappa shape index (κ3) is 2.78. The zero-order chi connectivity index (χ0) is 14.8. The molecular weight excluding hydrogens is 291 g/mol. The summed E-state index contributed by atoms with van der Waals surface area (Å²) in [5, 5.41) is 7.98. The Morgan fingerprint density at radius 3 is 2.95 bits per heavy atom. The highest BCUT2D eigenvalue weighted by molar-refractivity contribution is 7.16. The molecule has 0 spiro atoms. The summed E-state index contributed by atoms with van der Waals surface area (Å²) in [5.41, 5.74) is 0.730. The predicted octanol–water partition coefficient (Wildman–Crippen LogP) is 2.46. The van der Waals surface area contributed by atoms with Crippen LogP contribution in [0.4, 0.5) is 10.1 Å². The lowest BCUT2D eigenvalue weighted by atomic mass is 10.3. The first-order valence-electron chi connectivity index (χ1n) is 6.54. The maximum Gasteiger partial charge on any atom is 0.275 e. The fourth-order valence-corrected chi connectivity index (χ4v) is 2.78. The minimum Gasteiger partial charge on any atom is -0.377 e. The predicted molar refractivity (Wildman–Crippen MR) is 80.2 cm³/mol. The molecule has 0 saturated carbocycles. The maximum absolute atomic E-state index is 13.5. The van der Waals surface area contributed by atoms with Crippen LogP contribution in [0, 0.1) is 5.82 Å². The van der Waals surface area contributed by atoms with Crippen LogP contribution in [0.25, 0.3) is 4.96 Å². The molecule has 21 heavy (non-hydrogen) atoms. The van der Waals surface area contributed by atoms with Gasteiger partial charge in [0.2, 0.25) is 4.96 Å². The lowest BCUT2D eigenvalue weighted by Gasteiger charge is -2.06.